The van der Waals surface area contributed by atoms with Crippen molar-refractivity contribution in [3.8, 4) is 0 Å². The van der Waals surface area contributed by atoms with Crippen molar-refractivity contribution in [2.75, 3.05) is 26.3 Å². The van der Waals surface area contributed by atoms with Gasteiger partial charge in [-0.05, 0) is 49.3 Å². The number of halogens is 1. The number of nitrogens with one attached hydrogen (secondary N) is 2. The summed E-state index contributed by atoms with van der Waals surface area (Å²) in [6, 6.07) is 10.5. The third-order valence-electron chi connectivity index (χ3n) is 4.47. The molecule has 0 atom stereocenters. The summed E-state index contributed by atoms with van der Waals surface area (Å²) in [5.74, 6) is 1.69. The highest BCUT2D eigenvalue weighted by atomic mass is 127. The van der Waals surface area contributed by atoms with E-state index in [4.69, 9.17) is 9.73 Å². The van der Waals surface area contributed by atoms with Crippen LogP contribution in [0.5, 0.6) is 0 Å². The lowest BCUT2D eigenvalue weighted by molar-refractivity contribution is 0.123. The first-order chi connectivity index (χ1) is 13.3. The molecule has 7 heteroatoms. The van der Waals surface area contributed by atoms with Crippen molar-refractivity contribution in [3.05, 3.63) is 53.9 Å². The molecule has 0 aliphatic heterocycles. The van der Waals surface area contributed by atoms with E-state index in [1.807, 2.05) is 16.9 Å². The van der Waals surface area contributed by atoms with Gasteiger partial charge in [0.15, 0.2) is 5.96 Å². The van der Waals surface area contributed by atoms with Gasteiger partial charge in [-0.1, -0.05) is 24.3 Å². The second-order valence-electron chi connectivity index (χ2n) is 7.02. The maximum Gasteiger partial charge on any atom is 0.191 e. The van der Waals surface area contributed by atoms with Crippen LogP contribution in [-0.4, -0.2) is 42.0 Å². The van der Waals surface area contributed by atoms with Crippen molar-refractivity contribution in [1.29, 1.82) is 0 Å². The van der Waals surface area contributed by atoms with Crippen LogP contribution in [0.2, 0.25) is 0 Å². The first-order valence-electron chi connectivity index (χ1n) is 9.98. The molecule has 1 aliphatic carbocycles. The molecule has 1 heterocycles. The van der Waals surface area contributed by atoms with Gasteiger partial charge in [-0.3, -0.25) is 4.68 Å². The summed E-state index contributed by atoms with van der Waals surface area (Å²) in [7, 11) is 0. The van der Waals surface area contributed by atoms with E-state index in [2.05, 4.69) is 46.9 Å². The van der Waals surface area contributed by atoms with Crippen LogP contribution in [0.3, 0.4) is 0 Å². The molecule has 0 unspecified atom stereocenters. The molecule has 2 N–H and O–H groups in total. The number of rotatable bonds is 11. The largest absolute Gasteiger partial charge is 0.381 e. The summed E-state index contributed by atoms with van der Waals surface area (Å²) in [6.07, 6.45) is 7.47. The van der Waals surface area contributed by atoms with E-state index in [0.29, 0.717) is 6.54 Å². The fraction of sp³-hybridized carbons (Fsp3) is 0.524. The van der Waals surface area contributed by atoms with Crippen molar-refractivity contribution in [2.45, 2.75) is 39.3 Å². The third kappa shape index (κ3) is 8.60. The van der Waals surface area contributed by atoms with Gasteiger partial charge in [0.05, 0.1) is 13.1 Å². The minimum absolute atomic E-state index is 0. The van der Waals surface area contributed by atoms with Crippen LogP contribution in [0.4, 0.5) is 0 Å². The number of hydrogen-bond donors (Lipinski definition) is 2. The Morgan fingerprint density at radius 1 is 1.25 bits per heavy atom. The van der Waals surface area contributed by atoms with Gasteiger partial charge in [-0.25, -0.2) is 4.99 Å². The molecule has 1 aromatic carbocycles. The maximum absolute atomic E-state index is 5.68. The summed E-state index contributed by atoms with van der Waals surface area (Å²) in [5.41, 5.74) is 2.43. The van der Waals surface area contributed by atoms with Gasteiger partial charge < -0.3 is 15.4 Å². The van der Waals surface area contributed by atoms with E-state index in [1.54, 1.807) is 6.20 Å². The summed E-state index contributed by atoms with van der Waals surface area (Å²) >= 11 is 0. The summed E-state index contributed by atoms with van der Waals surface area (Å²) < 4.78 is 7.61. The number of benzene rings is 1. The molecule has 3 rings (SSSR count). The zero-order valence-corrected chi connectivity index (χ0v) is 19.0. The van der Waals surface area contributed by atoms with Crippen molar-refractivity contribution >= 4 is 29.9 Å². The number of aliphatic imine (C=N–C) groups is 1. The first kappa shape index (κ1) is 22.7. The van der Waals surface area contributed by atoms with Crippen LogP contribution in [0.1, 0.15) is 37.3 Å². The molecule has 0 spiro atoms. The van der Waals surface area contributed by atoms with Crippen LogP contribution >= 0.6 is 24.0 Å². The second-order valence-corrected chi connectivity index (χ2v) is 7.02. The fourth-order valence-corrected chi connectivity index (χ4v) is 2.84. The Bertz CT molecular complexity index is 701. The van der Waals surface area contributed by atoms with Gasteiger partial charge in [-0.15, -0.1) is 24.0 Å². The van der Waals surface area contributed by atoms with Gasteiger partial charge in [0.2, 0.25) is 0 Å². The first-order valence-corrected chi connectivity index (χ1v) is 9.98. The van der Waals surface area contributed by atoms with Gasteiger partial charge in [0.25, 0.3) is 0 Å². The lowest BCUT2D eigenvalue weighted by Crippen LogP contribution is -2.38. The zero-order valence-electron chi connectivity index (χ0n) is 16.6. The standard InChI is InChI=1S/C21H31N5O.HI/c1-2-22-21(23-10-5-13-27-17-18-8-9-18)24-15-19-6-3-7-20(14-19)16-26-12-4-11-25-26;/h3-4,6-7,11-12,14,18H,2,5,8-10,13,15-17H2,1H3,(H2,22,23,24);1H. The van der Waals surface area contributed by atoms with Crippen molar-refractivity contribution < 1.29 is 4.74 Å². The van der Waals surface area contributed by atoms with Gasteiger partial charge >= 0.3 is 0 Å². The Hall–Kier alpha value is -1.61. The highest BCUT2D eigenvalue weighted by Crippen LogP contribution is 2.28. The quantitative estimate of drug-likeness (QED) is 0.216. The lowest BCUT2D eigenvalue weighted by Gasteiger charge is -2.12. The van der Waals surface area contributed by atoms with Gasteiger partial charge in [0, 0.05) is 38.7 Å². The molecule has 28 heavy (non-hydrogen) atoms. The molecule has 2 aromatic rings. The topological polar surface area (TPSA) is 63.5 Å². The SMILES string of the molecule is CCNC(=NCc1cccc(Cn2cccn2)c1)NCCCOCC1CC1.I. The van der Waals surface area contributed by atoms with Crippen LogP contribution in [0.15, 0.2) is 47.7 Å². The van der Waals surface area contributed by atoms with Gasteiger partial charge in [0.1, 0.15) is 0 Å². The van der Waals surface area contributed by atoms with E-state index in [1.165, 1.54) is 24.0 Å². The Morgan fingerprint density at radius 2 is 2.11 bits per heavy atom. The van der Waals surface area contributed by atoms with Crippen molar-refractivity contribution in [2.24, 2.45) is 10.9 Å². The Balaban J connectivity index is 0.00000280. The molecular weight excluding hydrogens is 465 g/mol. The summed E-state index contributed by atoms with van der Waals surface area (Å²) in [6.45, 7) is 6.99. The Labute approximate surface area is 185 Å². The van der Waals surface area contributed by atoms with E-state index in [-0.39, 0.29) is 24.0 Å². The number of hydrogen-bond acceptors (Lipinski definition) is 3. The lowest BCUT2D eigenvalue weighted by atomic mass is 10.1. The molecule has 1 fully saturated rings. The summed E-state index contributed by atoms with van der Waals surface area (Å²) in [5, 5.41) is 11.0. The van der Waals surface area contributed by atoms with Gasteiger partial charge in [-0.2, -0.15) is 5.10 Å². The third-order valence-corrected chi connectivity index (χ3v) is 4.47. The normalized spacial score (nSPS) is 13.8. The predicted molar refractivity (Wildman–Crippen MR) is 124 cm³/mol. The average molecular weight is 497 g/mol. The smallest absolute Gasteiger partial charge is 0.191 e. The molecule has 154 valence electrons. The number of guanidine groups is 1. The summed E-state index contributed by atoms with van der Waals surface area (Å²) in [4.78, 5) is 4.71. The number of aromatic nitrogens is 2. The predicted octanol–water partition coefficient (Wildman–Crippen LogP) is 3.42. The average Bonchev–Trinajstić information content (AvgIpc) is 3.37. The zero-order chi connectivity index (χ0) is 18.7. The molecular formula is C21H32IN5O. The second kappa shape index (κ2) is 12.8. The highest BCUT2D eigenvalue weighted by molar-refractivity contribution is 14.0. The molecule has 1 aliphatic rings. The molecule has 1 aromatic heterocycles. The highest BCUT2D eigenvalue weighted by Gasteiger charge is 2.20. The molecule has 0 amide bonds. The van der Waals surface area contributed by atoms with E-state index < -0.39 is 0 Å². The molecule has 0 bridgehead atoms. The maximum atomic E-state index is 5.68. The Kier molecular flexibility index (Phi) is 10.3. The van der Waals surface area contributed by atoms with Crippen LogP contribution in [-0.2, 0) is 17.8 Å². The number of nitrogens with zero attached hydrogens (tertiary/aromatic N) is 3. The molecule has 0 saturated heterocycles. The van der Waals surface area contributed by atoms with E-state index in [9.17, 15) is 0 Å². The molecule has 0 radical (unpaired) electrons. The minimum Gasteiger partial charge on any atom is -0.381 e. The van der Waals surface area contributed by atoms with Crippen molar-refractivity contribution in [3.63, 3.8) is 0 Å². The monoisotopic (exact) mass is 497 g/mol. The van der Waals surface area contributed by atoms with Crippen LogP contribution in [0.25, 0.3) is 0 Å². The fourth-order valence-electron chi connectivity index (χ4n) is 2.84. The Morgan fingerprint density at radius 3 is 2.86 bits per heavy atom. The van der Waals surface area contributed by atoms with E-state index in [0.717, 1.165) is 51.1 Å². The van der Waals surface area contributed by atoms with Crippen LogP contribution < -0.4 is 10.6 Å². The molecule has 1 saturated carbocycles. The van der Waals surface area contributed by atoms with Crippen LogP contribution in [0, 0.1) is 5.92 Å². The minimum atomic E-state index is 0. The van der Waals surface area contributed by atoms with E-state index >= 15 is 0 Å². The number of ether oxygens (including phenoxy) is 1. The molecule has 6 nitrogen and oxygen atoms in total. The van der Waals surface area contributed by atoms with Crippen molar-refractivity contribution in [1.82, 2.24) is 20.4 Å².